The second-order valence-corrected chi connectivity index (χ2v) is 8.12. The van der Waals surface area contributed by atoms with Crippen LogP contribution < -0.4 is 4.74 Å². The van der Waals surface area contributed by atoms with Crippen LogP contribution in [0.5, 0.6) is 5.75 Å². The predicted octanol–water partition coefficient (Wildman–Crippen LogP) is 3.44. The molecule has 0 saturated carbocycles. The highest BCUT2D eigenvalue weighted by Crippen LogP contribution is 2.18. The van der Waals surface area contributed by atoms with E-state index in [2.05, 4.69) is 18.8 Å². The Labute approximate surface area is 170 Å². The Morgan fingerprint density at radius 3 is 2.61 bits per heavy atom. The van der Waals surface area contributed by atoms with Gasteiger partial charge in [-0.25, -0.2) is 4.98 Å². The van der Waals surface area contributed by atoms with Crippen LogP contribution in [0.1, 0.15) is 42.7 Å². The Morgan fingerprint density at radius 1 is 1.18 bits per heavy atom. The summed E-state index contributed by atoms with van der Waals surface area (Å²) >= 11 is 1.53. The molecule has 0 atom stereocenters. The molecule has 150 valence electrons. The fraction of sp³-hybridized carbons (Fsp3) is 0.476. The number of carbonyl (C=O) groups excluding carboxylic acids is 2. The first-order valence-corrected chi connectivity index (χ1v) is 10.6. The lowest BCUT2D eigenvalue weighted by Crippen LogP contribution is -2.50. The van der Waals surface area contributed by atoms with E-state index in [0.29, 0.717) is 56.4 Å². The third-order valence-corrected chi connectivity index (χ3v) is 5.44. The number of carbonyl (C=O) groups is 2. The number of amides is 2. The van der Waals surface area contributed by atoms with Gasteiger partial charge in [0, 0.05) is 43.5 Å². The third-order valence-electron chi connectivity index (χ3n) is 4.81. The Bertz CT molecular complexity index is 784. The SMILES string of the molecule is CC(C)CCC(=O)N1CCN(C(=O)c2cccc(OCc3cscn3)c2)CC1. The van der Waals surface area contributed by atoms with Gasteiger partial charge in [-0.05, 0) is 30.5 Å². The number of hydrogen-bond acceptors (Lipinski definition) is 5. The molecule has 0 aliphatic carbocycles. The molecular weight excluding hydrogens is 374 g/mol. The summed E-state index contributed by atoms with van der Waals surface area (Å²) in [7, 11) is 0. The third kappa shape index (κ3) is 5.55. The largest absolute Gasteiger partial charge is 0.487 e. The fourth-order valence-electron chi connectivity index (χ4n) is 3.10. The zero-order valence-electron chi connectivity index (χ0n) is 16.5. The van der Waals surface area contributed by atoms with Crippen LogP contribution in [0.3, 0.4) is 0 Å². The Balaban J connectivity index is 1.52. The molecule has 6 nitrogen and oxygen atoms in total. The molecule has 0 unspecified atom stereocenters. The summed E-state index contributed by atoms with van der Waals surface area (Å²) in [5.41, 5.74) is 3.25. The summed E-state index contributed by atoms with van der Waals surface area (Å²) in [6.07, 6.45) is 1.50. The molecule has 1 aromatic carbocycles. The molecule has 2 amide bonds. The zero-order valence-corrected chi connectivity index (χ0v) is 17.3. The lowest BCUT2D eigenvalue weighted by Gasteiger charge is -2.35. The number of nitrogens with zero attached hydrogens (tertiary/aromatic N) is 3. The first-order valence-electron chi connectivity index (χ1n) is 9.70. The summed E-state index contributed by atoms with van der Waals surface area (Å²) < 4.78 is 5.74. The molecule has 0 radical (unpaired) electrons. The van der Waals surface area contributed by atoms with Gasteiger partial charge in [0.05, 0.1) is 11.2 Å². The molecule has 28 heavy (non-hydrogen) atoms. The summed E-state index contributed by atoms with van der Waals surface area (Å²) in [5, 5.41) is 1.94. The molecule has 1 aliphatic heterocycles. The van der Waals surface area contributed by atoms with Crippen LogP contribution in [0.2, 0.25) is 0 Å². The van der Waals surface area contributed by atoms with Gasteiger partial charge >= 0.3 is 0 Å². The average molecular weight is 402 g/mol. The van der Waals surface area contributed by atoms with Gasteiger partial charge in [0.15, 0.2) is 0 Å². The van der Waals surface area contributed by atoms with Crippen molar-refractivity contribution >= 4 is 23.2 Å². The maximum atomic E-state index is 12.8. The van der Waals surface area contributed by atoms with Crippen molar-refractivity contribution in [2.75, 3.05) is 26.2 Å². The number of thiazole rings is 1. The molecule has 3 rings (SSSR count). The first-order chi connectivity index (χ1) is 13.5. The van der Waals surface area contributed by atoms with E-state index in [4.69, 9.17) is 4.74 Å². The smallest absolute Gasteiger partial charge is 0.254 e. The summed E-state index contributed by atoms with van der Waals surface area (Å²) in [6.45, 7) is 6.97. The van der Waals surface area contributed by atoms with Crippen LogP contribution in [0.25, 0.3) is 0 Å². The number of benzene rings is 1. The highest BCUT2D eigenvalue weighted by Gasteiger charge is 2.25. The minimum Gasteiger partial charge on any atom is -0.487 e. The van der Waals surface area contributed by atoms with E-state index in [1.807, 2.05) is 27.3 Å². The van der Waals surface area contributed by atoms with Crippen LogP contribution in [-0.4, -0.2) is 52.8 Å². The van der Waals surface area contributed by atoms with Crippen LogP contribution in [0.4, 0.5) is 0 Å². The van der Waals surface area contributed by atoms with E-state index in [9.17, 15) is 9.59 Å². The number of hydrogen-bond donors (Lipinski definition) is 0. The van der Waals surface area contributed by atoms with E-state index in [1.54, 1.807) is 17.6 Å². The maximum Gasteiger partial charge on any atom is 0.254 e. The van der Waals surface area contributed by atoms with Crippen molar-refractivity contribution in [1.82, 2.24) is 14.8 Å². The van der Waals surface area contributed by atoms with Crippen molar-refractivity contribution < 1.29 is 14.3 Å². The highest BCUT2D eigenvalue weighted by molar-refractivity contribution is 7.07. The van der Waals surface area contributed by atoms with Crippen molar-refractivity contribution in [2.24, 2.45) is 5.92 Å². The second-order valence-electron chi connectivity index (χ2n) is 7.40. The average Bonchev–Trinajstić information content (AvgIpc) is 3.24. The lowest BCUT2D eigenvalue weighted by atomic mass is 10.1. The van der Waals surface area contributed by atoms with E-state index >= 15 is 0 Å². The quantitative estimate of drug-likeness (QED) is 0.713. The van der Waals surface area contributed by atoms with Crippen molar-refractivity contribution in [1.29, 1.82) is 0 Å². The fourth-order valence-corrected chi connectivity index (χ4v) is 3.64. The standard InChI is InChI=1S/C21H27N3O3S/c1-16(2)6-7-20(25)23-8-10-24(11-9-23)21(26)17-4-3-5-19(12-17)27-13-18-14-28-15-22-18/h3-5,12,14-16H,6-11,13H2,1-2H3. The molecular formula is C21H27N3O3S. The number of piperazine rings is 1. The Morgan fingerprint density at radius 2 is 1.93 bits per heavy atom. The van der Waals surface area contributed by atoms with E-state index in [-0.39, 0.29) is 11.8 Å². The normalized spacial score (nSPS) is 14.4. The molecule has 7 heteroatoms. The lowest BCUT2D eigenvalue weighted by molar-refractivity contribution is -0.132. The van der Waals surface area contributed by atoms with Crippen molar-refractivity contribution in [3.05, 3.63) is 46.4 Å². The first kappa shape index (κ1) is 20.3. The van der Waals surface area contributed by atoms with Gasteiger partial charge in [-0.15, -0.1) is 11.3 Å². The van der Waals surface area contributed by atoms with E-state index in [0.717, 1.165) is 12.1 Å². The molecule has 0 bridgehead atoms. The van der Waals surface area contributed by atoms with Crippen LogP contribution >= 0.6 is 11.3 Å². The van der Waals surface area contributed by atoms with Gasteiger partial charge in [-0.2, -0.15) is 0 Å². The molecule has 2 heterocycles. The van der Waals surface area contributed by atoms with Crippen LogP contribution in [0, 0.1) is 5.92 Å². The summed E-state index contributed by atoms with van der Waals surface area (Å²) in [5.74, 6) is 1.35. The van der Waals surface area contributed by atoms with Gasteiger partial charge in [-0.3, -0.25) is 9.59 Å². The molecule has 1 aliphatic rings. The van der Waals surface area contributed by atoms with Gasteiger partial charge < -0.3 is 14.5 Å². The highest BCUT2D eigenvalue weighted by atomic mass is 32.1. The topological polar surface area (TPSA) is 62.7 Å². The van der Waals surface area contributed by atoms with Crippen molar-refractivity contribution in [3.8, 4) is 5.75 Å². The molecule has 1 saturated heterocycles. The van der Waals surface area contributed by atoms with Crippen LogP contribution in [-0.2, 0) is 11.4 Å². The molecule has 0 spiro atoms. The van der Waals surface area contributed by atoms with Crippen LogP contribution in [0.15, 0.2) is 35.2 Å². The predicted molar refractivity (Wildman–Crippen MR) is 109 cm³/mol. The van der Waals surface area contributed by atoms with E-state index in [1.165, 1.54) is 11.3 Å². The second kappa shape index (κ2) is 9.68. The minimum atomic E-state index is -0.0200. The molecule has 1 aromatic heterocycles. The van der Waals surface area contributed by atoms with Gasteiger partial charge in [0.25, 0.3) is 5.91 Å². The molecule has 1 fully saturated rings. The number of aromatic nitrogens is 1. The zero-order chi connectivity index (χ0) is 19.9. The summed E-state index contributed by atoms with van der Waals surface area (Å²) in [4.78, 5) is 33.0. The number of ether oxygens (including phenoxy) is 1. The maximum absolute atomic E-state index is 12.8. The molecule has 2 aromatic rings. The number of rotatable bonds is 7. The monoisotopic (exact) mass is 401 g/mol. The van der Waals surface area contributed by atoms with Crippen molar-refractivity contribution in [3.63, 3.8) is 0 Å². The Hall–Kier alpha value is -2.41. The minimum absolute atomic E-state index is 0.0200. The van der Waals surface area contributed by atoms with Gasteiger partial charge in [0.1, 0.15) is 12.4 Å². The summed E-state index contributed by atoms with van der Waals surface area (Å²) in [6, 6.07) is 7.25. The molecule has 0 N–H and O–H groups in total. The Kier molecular flexibility index (Phi) is 7.03. The van der Waals surface area contributed by atoms with Crippen molar-refractivity contribution in [2.45, 2.75) is 33.3 Å². The van der Waals surface area contributed by atoms with Gasteiger partial charge in [-0.1, -0.05) is 19.9 Å². The van der Waals surface area contributed by atoms with E-state index < -0.39 is 0 Å². The van der Waals surface area contributed by atoms with Gasteiger partial charge in [0.2, 0.25) is 5.91 Å².